The van der Waals surface area contributed by atoms with Gasteiger partial charge < -0.3 is 75.4 Å². The average Bonchev–Trinajstić information content (AvgIpc) is 3.97. The summed E-state index contributed by atoms with van der Waals surface area (Å²) < 4.78 is 43.4. The number of carbonyl (C=O) groups is 9. The number of rotatable bonds is 19. The summed E-state index contributed by atoms with van der Waals surface area (Å²) >= 11 is 0. The summed E-state index contributed by atoms with van der Waals surface area (Å²) in [6.45, 7) is 3.46. The summed E-state index contributed by atoms with van der Waals surface area (Å²) in [5, 5.41) is 58.9. The molecular weight excluding hydrogens is 1000 g/mol. The van der Waals surface area contributed by atoms with Crippen molar-refractivity contribution in [3.63, 3.8) is 0 Å². The van der Waals surface area contributed by atoms with Gasteiger partial charge in [-0.25, -0.2) is 0 Å². The van der Waals surface area contributed by atoms with Crippen LogP contribution in [0.2, 0.25) is 0 Å². The van der Waals surface area contributed by atoms with Crippen molar-refractivity contribution in [3.05, 3.63) is 51.6 Å². The number of nitrogens with zero attached hydrogens (tertiary/aromatic N) is 2. The fraction of sp³-hybridized carbons (Fsp3) is 0.580. The normalized spacial score (nSPS) is 27.7. The molecule has 1 unspecified atom stereocenters. The van der Waals surface area contributed by atoms with Crippen molar-refractivity contribution in [1.82, 2.24) is 36.4 Å². The molecule has 7 amide bonds. The predicted molar refractivity (Wildman–Crippen MR) is 257 cm³/mol. The third-order valence-corrected chi connectivity index (χ3v) is 14.4. The number of nitrogens with one attached hydrogen (secondary N) is 5. The number of aliphatic hydroxyl groups excluding tert-OH is 1. The van der Waals surface area contributed by atoms with Crippen LogP contribution in [-0.2, 0) is 63.7 Å². The number of fused-ring (bicyclic) bond motifs is 6. The van der Waals surface area contributed by atoms with Gasteiger partial charge in [-0.3, -0.25) is 53.0 Å². The summed E-state index contributed by atoms with van der Waals surface area (Å²) in [6.07, 6.45) is -7.79. The Balaban J connectivity index is 0.923. The Morgan fingerprint density at radius 3 is 2.33 bits per heavy atom. The number of imide groups is 1. The molecule has 4 aliphatic heterocycles. The average molecular weight is 1070 g/mol. The first-order valence-corrected chi connectivity index (χ1v) is 24.9. The number of likely N-dealkylation sites (tertiary alicyclic amines) is 1. The molecule has 76 heavy (non-hydrogen) atoms. The number of phenolic OH excluding ortho intramolecular Hbond substituents is 2. The molecule has 2 aliphatic carbocycles. The van der Waals surface area contributed by atoms with Crippen LogP contribution in [0, 0.1) is 5.92 Å². The number of methoxy groups -OCH3 is 2. The number of ether oxygens (including phenoxy) is 6. The minimum Gasteiger partial charge on any atom is -0.507 e. The zero-order valence-electron chi connectivity index (χ0n) is 43.4. The van der Waals surface area contributed by atoms with E-state index in [0.717, 1.165) is 0 Å². The van der Waals surface area contributed by atoms with Gasteiger partial charge in [0.2, 0.25) is 41.2 Å². The summed E-state index contributed by atoms with van der Waals surface area (Å²) in [5.74, 6) is -9.26. The first kappa shape index (κ1) is 54.2. The highest BCUT2D eigenvalue weighted by Gasteiger charge is 2.55. The molecule has 412 valence electrons. The van der Waals surface area contributed by atoms with E-state index in [0.29, 0.717) is 18.1 Å². The molecule has 2 aromatic rings. The Morgan fingerprint density at radius 1 is 0.908 bits per heavy atom. The summed E-state index contributed by atoms with van der Waals surface area (Å²) in [6, 6.07) is 1.27. The highest BCUT2D eigenvalue weighted by atomic mass is 16.7. The van der Waals surface area contributed by atoms with Gasteiger partial charge in [0, 0.05) is 95.9 Å². The van der Waals surface area contributed by atoms with Crippen LogP contribution in [0.1, 0.15) is 103 Å². The molecule has 0 spiro atoms. The molecule has 26 nitrogen and oxygen atoms in total. The first-order chi connectivity index (χ1) is 36.6. The Bertz CT molecular complexity index is 2730. The van der Waals surface area contributed by atoms with Gasteiger partial charge in [-0.1, -0.05) is 26.0 Å². The summed E-state index contributed by atoms with van der Waals surface area (Å²) in [5.41, 5.74) is -4.18. The van der Waals surface area contributed by atoms with Gasteiger partial charge in [0.25, 0.3) is 5.91 Å². The number of ketones is 2. The Hall–Kier alpha value is -6.65. The lowest BCUT2D eigenvalue weighted by Crippen LogP contribution is -2.57. The van der Waals surface area contributed by atoms with Crippen molar-refractivity contribution < 1.29 is 93.4 Å². The molecule has 11 atom stereocenters. The van der Waals surface area contributed by atoms with E-state index in [1.807, 2.05) is 0 Å². The molecule has 0 radical (unpaired) electrons. The second kappa shape index (κ2) is 22.9. The maximum Gasteiger partial charge on any atom is 0.252 e. The van der Waals surface area contributed by atoms with Crippen molar-refractivity contribution in [3.8, 4) is 17.2 Å². The first-order valence-electron chi connectivity index (χ1n) is 25.5. The fourth-order valence-electron chi connectivity index (χ4n) is 10.6. The van der Waals surface area contributed by atoms with Crippen molar-refractivity contribution in [2.24, 2.45) is 5.92 Å². The van der Waals surface area contributed by atoms with Crippen molar-refractivity contribution in [2.75, 3.05) is 60.2 Å². The van der Waals surface area contributed by atoms with Gasteiger partial charge in [-0.15, -0.1) is 0 Å². The molecule has 26 heteroatoms. The van der Waals surface area contributed by atoms with Crippen molar-refractivity contribution in [1.29, 1.82) is 0 Å². The largest absolute Gasteiger partial charge is 0.507 e. The number of hydrogen-bond acceptors (Lipinski definition) is 20. The van der Waals surface area contributed by atoms with Crippen LogP contribution < -0.4 is 31.3 Å². The molecule has 0 bridgehead atoms. The number of aromatic hydroxyl groups is 2. The second-order valence-corrected chi connectivity index (χ2v) is 19.6. The van der Waals surface area contributed by atoms with Gasteiger partial charge >= 0.3 is 0 Å². The SMILES string of the molecule is [3H]C1CC(=O)N(CC(=O)NCCC(=O)N[C@H](C(=O)N[C@@H](CO)C(=O)NCCNC(=O)[C@]2(O)Cc3c(O)c4c(c(O)c3[C@@H](O[C@@H]3C[C@H]5[C@H](O[C@@H]6[C@@H](OC)OCCN65)[C@H](C)O3)C2)C(=O)c2c(OC)cccc2C4=O)C(C)C)C1=O. The van der Waals surface area contributed by atoms with E-state index in [2.05, 4.69) is 31.5 Å². The standard InChI is InChI=1S/C50H63N7O19/c1-22(2)39(55-30(59)11-12-51-31(60)20-57-32(61)9-10-33(57)62)46(68)54-26(21-58)45(67)52-13-14-53-49(69)50(70)18-25-36(43(66)38-37(41(25)64)40(63)24-7-6-8-28(71-4)35(24)42(38)65)29(19-50)75-34-17-27-44(23(3)74-34)76-47-48(72-5)73-16-15-56(27)47/h6-8,22-23,26-27,29,34,39,44,47-48,58,64,66,70H,9-21H2,1-5H3,(H,51,60)(H,52,67)(H,53,69)(H,54,68)(H,55,59)/t23-,26-,27-,29-,34+,39-,44+,47+,48-,50-/m0/s1/i9T/t9?,23-,26-,27-,29-,34+,39-,44+,47+,48-,50-. The maximum absolute atomic E-state index is 14.3. The maximum atomic E-state index is 14.3. The molecule has 0 saturated carbocycles. The number of morpholine rings is 1. The Kier molecular flexibility index (Phi) is 16.3. The lowest BCUT2D eigenvalue weighted by atomic mass is 9.72. The quantitative estimate of drug-likeness (QED) is 0.0345. The lowest BCUT2D eigenvalue weighted by Gasteiger charge is -2.43. The van der Waals surface area contributed by atoms with E-state index in [9.17, 15) is 63.6 Å². The van der Waals surface area contributed by atoms with Crippen LogP contribution in [-0.4, -0.2) is 198 Å². The molecule has 8 rings (SSSR count). The minimum absolute atomic E-state index is 0.0469. The fourth-order valence-corrected chi connectivity index (χ4v) is 10.6. The third kappa shape index (κ3) is 10.8. The monoisotopic (exact) mass is 1070 g/mol. The van der Waals surface area contributed by atoms with Crippen LogP contribution in [0.25, 0.3) is 0 Å². The molecule has 4 saturated heterocycles. The van der Waals surface area contributed by atoms with Gasteiger partial charge in [0.15, 0.2) is 24.6 Å². The molecule has 2 aromatic carbocycles. The smallest absolute Gasteiger partial charge is 0.252 e. The van der Waals surface area contributed by atoms with Crippen LogP contribution in [0.4, 0.5) is 0 Å². The van der Waals surface area contributed by atoms with E-state index < -0.39 is 169 Å². The topological polar surface area (TPSA) is 357 Å². The summed E-state index contributed by atoms with van der Waals surface area (Å²) in [7, 11) is 2.81. The van der Waals surface area contributed by atoms with E-state index in [1.165, 1.54) is 32.4 Å². The summed E-state index contributed by atoms with van der Waals surface area (Å²) in [4.78, 5) is 121. The van der Waals surface area contributed by atoms with E-state index in [1.54, 1.807) is 20.8 Å². The van der Waals surface area contributed by atoms with E-state index in [-0.39, 0.29) is 72.9 Å². The van der Waals surface area contributed by atoms with E-state index >= 15 is 0 Å². The highest BCUT2D eigenvalue weighted by molar-refractivity contribution is 6.31. The molecule has 0 aromatic heterocycles. The number of hydrogen-bond donors (Lipinski definition) is 9. The van der Waals surface area contributed by atoms with Gasteiger partial charge in [-0.05, 0) is 18.9 Å². The molecule has 6 aliphatic rings. The van der Waals surface area contributed by atoms with E-state index in [4.69, 9.17) is 29.8 Å². The Labute approximate surface area is 436 Å². The van der Waals surface area contributed by atoms with Crippen LogP contribution in [0.5, 0.6) is 17.2 Å². The molecule has 4 fully saturated rings. The van der Waals surface area contributed by atoms with Crippen LogP contribution >= 0.6 is 0 Å². The zero-order valence-corrected chi connectivity index (χ0v) is 42.4. The predicted octanol–water partition coefficient (Wildman–Crippen LogP) is -2.34. The Morgan fingerprint density at radius 2 is 1.64 bits per heavy atom. The number of benzene rings is 2. The molecule has 4 heterocycles. The molecule has 9 N–H and O–H groups in total. The van der Waals surface area contributed by atoms with Crippen molar-refractivity contribution >= 4 is 52.9 Å². The van der Waals surface area contributed by atoms with Gasteiger partial charge in [0.1, 0.15) is 47.6 Å². The number of carbonyl (C=O) groups excluding carboxylic acids is 9. The van der Waals surface area contributed by atoms with Crippen LogP contribution in [0.3, 0.4) is 0 Å². The zero-order chi connectivity index (χ0) is 55.8. The van der Waals surface area contributed by atoms with Crippen molar-refractivity contribution in [2.45, 2.75) is 120 Å². The van der Waals surface area contributed by atoms with Crippen LogP contribution in [0.15, 0.2) is 18.2 Å². The highest BCUT2D eigenvalue weighted by Crippen LogP contribution is 2.53. The number of aliphatic hydroxyl groups is 2. The number of amides is 7. The number of phenols is 2. The third-order valence-electron chi connectivity index (χ3n) is 14.4. The van der Waals surface area contributed by atoms with Gasteiger partial charge in [-0.2, -0.15) is 0 Å². The molecular formula is C50H63N7O19. The lowest BCUT2D eigenvalue weighted by molar-refractivity contribution is -0.256. The van der Waals surface area contributed by atoms with Gasteiger partial charge in [0.05, 0.1) is 49.2 Å². The second-order valence-electron chi connectivity index (χ2n) is 19.6. The minimum atomic E-state index is -2.44.